The Hall–Kier alpha value is -1.16. The smallest absolute Gasteiger partial charge is 0.248 e. The highest BCUT2D eigenvalue weighted by atomic mass is 32.2. The second-order valence-electron chi connectivity index (χ2n) is 4.26. The van der Waals surface area contributed by atoms with Crippen LogP contribution in [-0.2, 0) is 21.3 Å². The van der Waals surface area contributed by atoms with Crippen molar-refractivity contribution in [2.75, 3.05) is 32.1 Å². The van der Waals surface area contributed by atoms with E-state index >= 15 is 0 Å². The molecule has 0 bridgehead atoms. The Labute approximate surface area is 111 Å². The molecule has 108 valence electrons. The van der Waals surface area contributed by atoms with Gasteiger partial charge in [0.2, 0.25) is 10.0 Å². The summed E-state index contributed by atoms with van der Waals surface area (Å²) in [7, 11) is -3.76. The first-order chi connectivity index (χ1) is 9.00. The molecule has 0 amide bonds. The topological polar surface area (TPSA) is 111 Å². The molecule has 1 fully saturated rings. The van der Waals surface area contributed by atoms with Gasteiger partial charge in [-0.15, -0.1) is 0 Å². The van der Waals surface area contributed by atoms with Gasteiger partial charge in [0.25, 0.3) is 0 Å². The van der Waals surface area contributed by atoms with Crippen molar-refractivity contribution in [3.63, 3.8) is 0 Å². The van der Waals surface area contributed by atoms with E-state index in [0.29, 0.717) is 13.2 Å². The Balaban J connectivity index is 2.37. The molecule has 1 aromatic rings. The maximum Gasteiger partial charge on any atom is 0.248 e. The fourth-order valence-corrected chi connectivity index (χ4v) is 3.65. The van der Waals surface area contributed by atoms with Gasteiger partial charge in [0, 0.05) is 19.3 Å². The van der Waals surface area contributed by atoms with Gasteiger partial charge < -0.3 is 15.6 Å². The van der Waals surface area contributed by atoms with E-state index in [1.54, 1.807) is 0 Å². The third kappa shape index (κ3) is 2.59. The molecule has 1 aliphatic rings. The molecule has 0 aromatic carbocycles. The molecule has 1 atom stereocenters. The van der Waals surface area contributed by atoms with Crippen molar-refractivity contribution in [3.05, 3.63) is 6.20 Å². The Morgan fingerprint density at radius 3 is 2.95 bits per heavy atom. The third-order valence-electron chi connectivity index (χ3n) is 3.05. The average Bonchev–Trinajstić information content (AvgIpc) is 2.80. The summed E-state index contributed by atoms with van der Waals surface area (Å²) in [5, 5.41) is 13.2. The van der Waals surface area contributed by atoms with Crippen LogP contribution < -0.4 is 5.73 Å². The summed E-state index contributed by atoms with van der Waals surface area (Å²) in [5.41, 5.74) is 5.67. The van der Waals surface area contributed by atoms with Gasteiger partial charge in [-0.05, 0) is 6.92 Å². The molecule has 1 saturated heterocycles. The van der Waals surface area contributed by atoms with E-state index in [0.717, 1.165) is 0 Å². The van der Waals surface area contributed by atoms with Gasteiger partial charge >= 0.3 is 0 Å². The SMILES string of the molecule is CCn1cc(S(=O)(=O)N2CCOCC2CO)c(N)n1. The van der Waals surface area contributed by atoms with E-state index in [1.807, 2.05) is 6.92 Å². The number of anilines is 1. The van der Waals surface area contributed by atoms with E-state index in [-0.39, 0.29) is 30.5 Å². The molecule has 0 saturated carbocycles. The summed E-state index contributed by atoms with van der Waals surface area (Å²) in [6.07, 6.45) is 1.41. The lowest BCUT2D eigenvalue weighted by atomic mass is 10.3. The summed E-state index contributed by atoms with van der Waals surface area (Å²) < 4.78 is 32.9. The maximum atomic E-state index is 12.5. The molecular weight excluding hydrogens is 272 g/mol. The Morgan fingerprint density at radius 2 is 2.37 bits per heavy atom. The maximum absolute atomic E-state index is 12.5. The molecule has 0 spiro atoms. The first-order valence-electron chi connectivity index (χ1n) is 6.04. The highest BCUT2D eigenvalue weighted by Crippen LogP contribution is 2.24. The number of aromatic nitrogens is 2. The van der Waals surface area contributed by atoms with Crippen molar-refractivity contribution in [2.45, 2.75) is 24.4 Å². The van der Waals surface area contributed by atoms with E-state index in [4.69, 9.17) is 10.5 Å². The van der Waals surface area contributed by atoms with E-state index in [2.05, 4.69) is 5.10 Å². The van der Waals surface area contributed by atoms with Crippen LogP contribution in [-0.4, -0.2) is 60.0 Å². The summed E-state index contributed by atoms with van der Waals surface area (Å²) in [5.74, 6) is -0.0231. The van der Waals surface area contributed by atoms with Crippen LogP contribution in [0.5, 0.6) is 0 Å². The Morgan fingerprint density at radius 1 is 1.63 bits per heavy atom. The van der Waals surface area contributed by atoms with Crippen molar-refractivity contribution >= 4 is 15.8 Å². The molecule has 9 heteroatoms. The fourth-order valence-electron chi connectivity index (χ4n) is 2.00. The minimum Gasteiger partial charge on any atom is -0.395 e. The van der Waals surface area contributed by atoms with E-state index in [9.17, 15) is 13.5 Å². The average molecular weight is 290 g/mol. The number of nitrogens with zero attached hydrogens (tertiary/aromatic N) is 3. The minimum atomic E-state index is -3.76. The number of nitrogens with two attached hydrogens (primary N) is 1. The number of sulfonamides is 1. The first-order valence-corrected chi connectivity index (χ1v) is 7.48. The fraction of sp³-hybridized carbons (Fsp3) is 0.700. The second kappa shape index (κ2) is 5.45. The summed E-state index contributed by atoms with van der Waals surface area (Å²) in [6.45, 7) is 2.76. The molecule has 1 aromatic heterocycles. The number of aliphatic hydroxyl groups excluding tert-OH is 1. The number of aliphatic hydroxyl groups is 1. The van der Waals surface area contributed by atoms with Crippen molar-refractivity contribution < 1.29 is 18.3 Å². The van der Waals surface area contributed by atoms with Crippen molar-refractivity contribution in [1.29, 1.82) is 0 Å². The zero-order valence-corrected chi connectivity index (χ0v) is 11.5. The molecule has 0 radical (unpaired) electrons. The quantitative estimate of drug-likeness (QED) is 0.725. The zero-order chi connectivity index (χ0) is 14.0. The predicted molar refractivity (Wildman–Crippen MR) is 67.9 cm³/mol. The van der Waals surface area contributed by atoms with Crippen LogP contribution in [0.25, 0.3) is 0 Å². The van der Waals surface area contributed by atoms with Gasteiger partial charge in [0.15, 0.2) is 5.82 Å². The third-order valence-corrected chi connectivity index (χ3v) is 5.02. The molecule has 3 N–H and O–H groups in total. The van der Waals surface area contributed by atoms with Gasteiger partial charge in [-0.2, -0.15) is 9.40 Å². The number of hydrogen-bond acceptors (Lipinski definition) is 6. The minimum absolute atomic E-state index is 0.0188. The van der Waals surface area contributed by atoms with Gasteiger partial charge in [0.05, 0.1) is 25.9 Å². The van der Waals surface area contributed by atoms with E-state index < -0.39 is 16.1 Å². The molecule has 2 rings (SSSR count). The van der Waals surface area contributed by atoms with Crippen LogP contribution in [0.15, 0.2) is 11.1 Å². The monoisotopic (exact) mass is 290 g/mol. The molecule has 0 aliphatic carbocycles. The van der Waals surface area contributed by atoms with Crippen LogP contribution in [0, 0.1) is 0 Å². The van der Waals surface area contributed by atoms with Crippen molar-refractivity contribution in [1.82, 2.24) is 14.1 Å². The van der Waals surface area contributed by atoms with Crippen LogP contribution >= 0.6 is 0 Å². The summed E-state index contributed by atoms with van der Waals surface area (Å²) in [4.78, 5) is -0.0188. The lowest BCUT2D eigenvalue weighted by Gasteiger charge is -2.33. The van der Waals surface area contributed by atoms with Crippen LogP contribution in [0.4, 0.5) is 5.82 Å². The Bertz CT molecular complexity index is 542. The normalized spacial score (nSPS) is 21.7. The lowest BCUT2D eigenvalue weighted by Crippen LogP contribution is -2.50. The standard InChI is InChI=1S/C10H18N4O4S/c1-2-13-5-9(10(11)12-13)19(16,17)14-3-4-18-7-8(14)6-15/h5,8,15H,2-4,6-7H2,1H3,(H2,11,12). The first kappa shape index (κ1) is 14.3. The van der Waals surface area contributed by atoms with Gasteiger partial charge in [-0.1, -0.05) is 0 Å². The lowest BCUT2D eigenvalue weighted by molar-refractivity contribution is 0.0109. The summed E-state index contributed by atoms with van der Waals surface area (Å²) >= 11 is 0. The molecule has 1 unspecified atom stereocenters. The summed E-state index contributed by atoms with van der Waals surface area (Å²) in [6, 6.07) is -0.580. The van der Waals surface area contributed by atoms with Crippen LogP contribution in [0.2, 0.25) is 0 Å². The number of ether oxygens (including phenoxy) is 1. The van der Waals surface area contributed by atoms with Crippen LogP contribution in [0.3, 0.4) is 0 Å². The van der Waals surface area contributed by atoms with Crippen molar-refractivity contribution in [2.24, 2.45) is 0 Å². The highest BCUT2D eigenvalue weighted by Gasteiger charge is 2.36. The molecule has 2 heterocycles. The van der Waals surface area contributed by atoms with Crippen LogP contribution in [0.1, 0.15) is 6.92 Å². The predicted octanol–water partition coefficient (Wildman–Crippen LogP) is -1.13. The highest BCUT2D eigenvalue weighted by molar-refractivity contribution is 7.89. The number of nitrogen functional groups attached to an aromatic ring is 1. The van der Waals surface area contributed by atoms with Gasteiger partial charge in [0.1, 0.15) is 4.90 Å². The second-order valence-corrected chi connectivity index (χ2v) is 6.12. The number of hydrogen-bond donors (Lipinski definition) is 2. The number of morpholine rings is 1. The molecule has 1 aliphatic heterocycles. The van der Waals surface area contributed by atoms with Gasteiger partial charge in [-0.25, -0.2) is 8.42 Å². The Kier molecular flexibility index (Phi) is 4.09. The molecule has 8 nitrogen and oxygen atoms in total. The van der Waals surface area contributed by atoms with E-state index in [1.165, 1.54) is 15.2 Å². The number of rotatable bonds is 4. The zero-order valence-electron chi connectivity index (χ0n) is 10.7. The molecular formula is C10H18N4O4S. The molecule has 19 heavy (non-hydrogen) atoms. The van der Waals surface area contributed by atoms with Gasteiger partial charge in [-0.3, -0.25) is 4.68 Å². The number of aryl methyl sites for hydroxylation is 1. The van der Waals surface area contributed by atoms with Crippen molar-refractivity contribution in [3.8, 4) is 0 Å². The largest absolute Gasteiger partial charge is 0.395 e.